The molecule has 1 aromatic rings. The lowest BCUT2D eigenvalue weighted by Crippen LogP contribution is -2.50. The fraction of sp³-hybridized carbons (Fsp3) is 0.643. The molecular formula is C14H21N3O4. The van der Waals surface area contributed by atoms with Crippen LogP contribution < -0.4 is 10.1 Å². The van der Waals surface area contributed by atoms with Crippen LogP contribution in [-0.2, 0) is 9.53 Å². The average Bonchev–Trinajstić information content (AvgIpc) is 2.45. The van der Waals surface area contributed by atoms with E-state index in [4.69, 9.17) is 9.47 Å². The van der Waals surface area contributed by atoms with Crippen molar-refractivity contribution < 1.29 is 19.4 Å². The van der Waals surface area contributed by atoms with Crippen molar-refractivity contribution in [2.45, 2.75) is 38.6 Å². The number of carbonyl (C=O) groups is 1. The van der Waals surface area contributed by atoms with Crippen molar-refractivity contribution in [1.29, 1.82) is 0 Å². The number of carboxylic acids is 1. The molecular weight excluding hydrogens is 274 g/mol. The zero-order valence-corrected chi connectivity index (χ0v) is 12.4. The van der Waals surface area contributed by atoms with Crippen molar-refractivity contribution in [2.75, 3.05) is 25.1 Å². The molecule has 7 nitrogen and oxygen atoms in total. The molecule has 0 unspecified atom stereocenters. The van der Waals surface area contributed by atoms with Crippen LogP contribution in [0, 0.1) is 6.92 Å². The van der Waals surface area contributed by atoms with Crippen LogP contribution in [0.15, 0.2) is 6.07 Å². The minimum Gasteiger partial charge on any atom is -0.480 e. The fourth-order valence-corrected chi connectivity index (χ4v) is 2.20. The van der Waals surface area contributed by atoms with Crippen LogP contribution in [0.3, 0.4) is 0 Å². The summed E-state index contributed by atoms with van der Waals surface area (Å²) in [5.41, 5.74) is -0.347. The molecule has 0 saturated carbocycles. The minimum absolute atomic E-state index is 0.283. The van der Waals surface area contributed by atoms with Crippen LogP contribution in [0.4, 0.5) is 5.95 Å². The summed E-state index contributed by atoms with van der Waals surface area (Å²) < 4.78 is 10.7. The maximum atomic E-state index is 11.6. The summed E-state index contributed by atoms with van der Waals surface area (Å²) >= 11 is 0. The standard InChI is InChI=1S/C14H21N3O4/c1-3-6-21-11-9-10(2)15-13(16-11)17-14(12(18)19)4-7-20-8-5-14/h9H,3-8H2,1-2H3,(H,18,19)(H,15,16,17). The number of anilines is 1. The molecule has 21 heavy (non-hydrogen) atoms. The third kappa shape index (κ3) is 3.81. The maximum Gasteiger partial charge on any atom is 0.329 e. The van der Waals surface area contributed by atoms with Gasteiger partial charge in [-0.05, 0) is 13.3 Å². The highest BCUT2D eigenvalue weighted by atomic mass is 16.5. The summed E-state index contributed by atoms with van der Waals surface area (Å²) in [7, 11) is 0. The van der Waals surface area contributed by atoms with Gasteiger partial charge in [0.05, 0.1) is 6.61 Å². The molecule has 1 fully saturated rings. The van der Waals surface area contributed by atoms with Gasteiger partial charge < -0.3 is 19.9 Å². The third-order valence-electron chi connectivity index (χ3n) is 3.39. The lowest BCUT2D eigenvalue weighted by atomic mass is 9.90. The van der Waals surface area contributed by atoms with Crippen LogP contribution in [0.25, 0.3) is 0 Å². The van der Waals surface area contributed by atoms with Crippen LogP contribution >= 0.6 is 0 Å². The lowest BCUT2D eigenvalue weighted by Gasteiger charge is -2.33. The molecule has 0 aliphatic carbocycles. The first-order chi connectivity index (χ1) is 10.1. The van der Waals surface area contributed by atoms with Crippen molar-refractivity contribution in [1.82, 2.24) is 9.97 Å². The van der Waals surface area contributed by atoms with Gasteiger partial charge in [0, 0.05) is 37.8 Å². The molecule has 0 bridgehead atoms. The second-order valence-corrected chi connectivity index (χ2v) is 5.14. The number of hydrogen-bond acceptors (Lipinski definition) is 6. The quantitative estimate of drug-likeness (QED) is 0.823. The Morgan fingerprint density at radius 3 is 2.81 bits per heavy atom. The number of ether oxygens (including phenoxy) is 2. The largest absolute Gasteiger partial charge is 0.480 e. The molecule has 2 N–H and O–H groups in total. The second-order valence-electron chi connectivity index (χ2n) is 5.14. The number of hydrogen-bond donors (Lipinski definition) is 2. The predicted octanol–water partition coefficient (Wildman–Crippen LogP) is 1.62. The highest BCUT2D eigenvalue weighted by Gasteiger charge is 2.41. The summed E-state index contributed by atoms with van der Waals surface area (Å²) in [6.45, 7) is 5.21. The van der Waals surface area contributed by atoms with E-state index >= 15 is 0 Å². The summed E-state index contributed by atoms with van der Waals surface area (Å²) in [5.74, 6) is -0.170. The molecule has 0 radical (unpaired) electrons. The zero-order valence-electron chi connectivity index (χ0n) is 12.4. The van der Waals surface area contributed by atoms with Crippen LogP contribution in [0.5, 0.6) is 5.88 Å². The number of carboxylic acid groups (broad SMARTS) is 1. The van der Waals surface area contributed by atoms with Crippen LogP contribution in [0.1, 0.15) is 31.9 Å². The van der Waals surface area contributed by atoms with Gasteiger partial charge in [0.25, 0.3) is 0 Å². The van der Waals surface area contributed by atoms with Crippen molar-refractivity contribution in [3.63, 3.8) is 0 Å². The first-order valence-electron chi connectivity index (χ1n) is 7.13. The SMILES string of the molecule is CCCOc1cc(C)nc(NC2(C(=O)O)CCOCC2)n1. The summed E-state index contributed by atoms with van der Waals surface area (Å²) in [6.07, 6.45) is 1.64. The Balaban J connectivity index is 2.20. The normalized spacial score (nSPS) is 17.2. The van der Waals surface area contributed by atoms with Crippen LogP contribution in [0.2, 0.25) is 0 Å². The van der Waals surface area contributed by atoms with E-state index in [9.17, 15) is 9.90 Å². The van der Waals surface area contributed by atoms with Gasteiger partial charge in [0.15, 0.2) is 0 Å². The first-order valence-corrected chi connectivity index (χ1v) is 7.13. The Bertz CT molecular complexity index is 501. The van der Waals surface area contributed by atoms with E-state index < -0.39 is 11.5 Å². The summed E-state index contributed by atoms with van der Waals surface area (Å²) in [5, 5.41) is 12.5. The number of aliphatic carboxylic acids is 1. The van der Waals surface area contributed by atoms with Gasteiger partial charge in [-0.15, -0.1) is 0 Å². The Morgan fingerprint density at radius 1 is 1.48 bits per heavy atom. The molecule has 116 valence electrons. The molecule has 7 heteroatoms. The zero-order chi connectivity index (χ0) is 15.3. The molecule has 0 spiro atoms. The molecule has 1 aromatic heterocycles. The van der Waals surface area contributed by atoms with E-state index in [1.165, 1.54) is 0 Å². The van der Waals surface area contributed by atoms with Crippen molar-refractivity contribution >= 4 is 11.9 Å². The Morgan fingerprint density at radius 2 is 2.19 bits per heavy atom. The van der Waals surface area contributed by atoms with Gasteiger partial charge in [0.1, 0.15) is 5.54 Å². The van der Waals surface area contributed by atoms with Crippen molar-refractivity contribution in [2.24, 2.45) is 0 Å². The summed E-state index contributed by atoms with van der Waals surface area (Å²) in [6, 6.07) is 1.73. The van der Waals surface area contributed by atoms with Crippen molar-refractivity contribution in [3.05, 3.63) is 11.8 Å². The topological polar surface area (TPSA) is 93.6 Å². The van der Waals surface area contributed by atoms with E-state index in [1.807, 2.05) is 13.8 Å². The Labute approximate surface area is 123 Å². The van der Waals surface area contributed by atoms with E-state index in [2.05, 4.69) is 15.3 Å². The monoisotopic (exact) mass is 295 g/mol. The van der Waals surface area contributed by atoms with E-state index in [1.54, 1.807) is 6.07 Å². The van der Waals surface area contributed by atoms with Gasteiger partial charge in [0.2, 0.25) is 11.8 Å². The molecule has 0 atom stereocenters. The Hall–Kier alpha value is -1.89. The number of nitrogens with zero attached hydrogens (tertiary/aromatic N) is 2. The van der Waals surface area contributed by atoms with Gasteiger partial charge in [-0.1, -0.05) is 6.92 Å². The number of aryl methyl sites for hydroxylation is 1. The van der Waals surface area contributed by atoms with Gasteiger partial charge in [-0.25, -0.2) is 9.78 Å². The highest BCUT2D eigenvalue weighted by molar-refractivity contribution is 5.82. The summed E-state index contributed by atoms with van der Waals surface area (Å²) in [4.78, 5) is 20.1. The highest BCUT2D eigenvalue weighted by Crippen LogP contribution is 2.26. The third-order valence-corrected chi connectivity index (χ3v) is 3.39. The molecule has 1 aliphatic rings. The average molecular weight is 295 g/mol. The Kier molecular flexibility index (Phi) is 4.95. The van der Waals surface area contributed by atoms with Crippen LogP contribution in [-0.4, -0.2) is 46.4 Å². The van der Waals surface area contributed by atoms with E-state index in [0.717, 1.165) is 12.1 Å². The minimum atomic E-state index is -1.08. The van der Waals surface area contributed by atoms with Crippen molar-refractivity contribution in [3.8, 4) is 5.88 Å². The lowest BCUT2D eigenvalue weighted by molar-refractivity contribution is -0.145. The number of rotatable bonds is 6. The van der Waals surface area contributed by atoms with Gasteiger partial charge in [-0.2, -0.15) is 4.98 Å². The predicted molar refractivity (Wildman–Crippen MR) is 76.6 cm³/mol. The molecule has 0 aromatic carbocycles. The number of aromatic nitrogens is 2. The molecule has 2 rings (SSSR count). The maximum absolute atomic E-state index is 11.6. The fourth-order valence-electron chi connectivity index (χ4n) is 2.20. The molecule has 0 amide bonds. The number of nitrogens with one attached hydrogen (secondary N) is 1. The molecule has 1 saturated heterocycles. The second kappa shape index (κ2) is 6.71. The van der Waals surface area contributed by atoms with E-state index in [0.29, 0.717) is 38.5 Å². The van der Waals surface area contributed by atoms with Gasteiger partial charge in [-0.3, -0.25) is 0 Å². The first kappa shape index (κ1) is 15.5. The van der Waals surface area contributed by atoms with Gasteiger partial charge >= 0.3 is 5.97 Å². The smallest absolute Gasteiger partial charge is 0.329 e. The molecule has 2 heterocycles. The molecule has 1 aliphatic heterocycles. The van der Waals surface area contributed by atoms with E-state index in [-0.39, 0.29) is 5.95 Å².